The Hall–Kier alpha value is -4.30. The van der Waals surface area contributed by atoms with Crippen LogP contribution in [-0.4, -0.2) is 14.3 Å². The predicted molar refractivity (Wildman–Crippen MR) is 168 cm³/mol. The smallest absolute Gasteiger partial charge is 0.264 e. The zero-order chi connectivity index (χ0) is 29.7. The quantitative estimate of drug-likeness (QED) is 0.180. The fourth-order valence-electron chi connectivity index (χ4n) is 4.27. The van der Waals surface area contributed by atoms with Crippen LogP contribution in [0, 0.1) is 6.92 Å². The monoisotopic (exact) mass is 616 g/mol. The van der Waals surface area contributed by atoms with Crippen molar-refractivity contribution in [2.45, 2.75) is 18.4 Å². The van der Waals surface area contributed by atoms with Crippen molar-refractivity contribution in [3.63, 3.8) is 0 Å². The number of para-hydroxylation sites is 2. The van der Waals surface area contributed by atoms with Gasteiger partial charge in [0.15, 0.2) is 5.75 Å². The number of nitrogens with one attached hydrogen (secondary N) is 1. The molecule has 0 bridgehead atoms. The zero-order valence-electron chi connectivity index (χ0n) is 22.5. The summed E-state index contributed by atoms with van der Waals surface area (Å²) in [5, 5.41) is 3.79. The number of hydrogen-bond donors (Lipinski definition) is 1. The lowest BCUT2D eigenvalue weighted by Gasteiger charge is -2.27. The van der Waals surface area contributed by atoms with E-state index in [-0.39, 0.29) is 22.7 Å². The minimum Gasteiger partial charge on any atom is -0.455 e. The predicted octanol–water partition coefficient (Wildman–Crippen LogP) is 8.74. The van der Waals surface area contributed by atoms with Crippen molar-refractivity contribution in [3.8, 4) is 11.5 Å². The molecule has 5 aromatic rings. The molecule has 5 aromatic carbocycles. The van der Waals surface area contributed by atoms with Crippen LogP contribution in [0.25, 0.3) is 0 Å². The lowest BCUT2D eigenvalue weighted by Crippen LogP contribution is -2.32. The second-order valence-corrected chi connectivity index (χ2v) is 12.2. The Bertz CT molecular complexity index is 1810. The van der Waals surface area contributed by atoms with E-state index in [9.17, 15) is 13.2 Å². The number of sulfonamides is 1. The van der Waals surface area contributed by atoms with E-state index in [1.165, 1.54) is 4.31 Å². The van der Waals surface area contributed by atoms with E-state index in [0.717, 1.165) is 5.56 Å². The largest absolute Gasteiger partial charge is 0.455 e. The molecule has 0 aromatic heterocycles. The van der Waals surface area contributed by atoms with Gasteiger partial charge in [0.05, 0.1) is 28.4 Å². The molecule has 5 rings (SSSR count). The molecule has 42 heavy (non-hydrogen) atoms. The summed E-state index contributed by atoms with van der Waals surface area (Å²) < 4.78 is 35.4. The maximum absolute atomic E-state index is 14.1. The molecule has 1 amide bonds. The Morgan fingerprint density at radius 2 is 1.43 bits per heavy atom. The number of amides is 1. The summed E-state index contributed by atoms with van der Waals surface area (Å²) in [6.45, 7) is 1.85. The Balaban J connectivity index is 1.54. The number of rotatable bonds is 9. The zero-order valence-corrected chi connectivity index (χ0v) is 24.8. The number of nitrogens with zero attached hydrogens (tertiary/aromatic N) is 1. The number of benzene rings is 5. The third kappa shape index (κ3) is 6.77. The lowest BCUT2D eigenvalue weighted by atomic mass is 10.1. The number of anilines is 2. The minimum atomic E-state index is -4.09. The number of carbonyl (C=O) groups excluding carboxylic acids is 1. The van der Waals surface area contributed by atoms with E-state index in [1.807, 2.05) is 25.1 Å². The average Bonchev–Trinajstić information content (AvgIpc) is 2.99. The van der Waals surface area contributed by atoms with Crippen molar-refractivity contribution in [1.29, 1.82) is 0 Å². The van der Waals surface area contributed by atoms with E-state index < -0.39 is 15.9 Å². The van der Waals surface area contributed by atoms with Gasteiger partial charge < -0.3 is 10.1 Å². The standard InChI is InChI=1S/C33H26Cl2N2O4S/c1-23-11-18-28(19-12-23)42(39,40)37(22-24-13-15-25(34)16-14-24)31-10-6-5-9-29(31)33(38)36-30-21-26(35)17-20-32(30)41-27-7-3-2-4-8-27/h2-21H,22H2,1H3,(H,36,38). The Morgan fingerprint density at radius 3 is 2.14 bits per heavy atom. The van der Waals surface area contributed by atoms with Gasteiger partial charge >= 0.3 is 0 Å². The molecule has 1 N–H and O–H groups in total. The number of halogens is 2. The van der Waals surface area contributed by atoms with Crippen molar-refractivity contribution in [1.82, 2.24) is 0 Å². The van der Waals surface area contributed by atoms with Crippen LogP contribution in [0.2, 0.25) is 10.0 Å². The molecular formula is C33H26Cl2N2O4S. The number of hydrogen-bond acceptors (Lipinski definition) is 4. The maximum Gasteiger partial charge on any atom is 0.264 e. The highest BCUT2D eigenvalue weighted by atomic mass is 35.5. The lowest BCUT2D eigenvalue weighted by molar-refractivity contribution is 0.102. The molecular weight excluding hydrogens is 591 g/mol. The van der Waals surface area contributed by atoms with Crippen molar-refractivity contribution < 1.29 is 17.9 Å². The summed E-state index contributed by atoms with van der Waals surface area (Å²) in [7, 11) is -4.09. The molecule has 0 spiro atoms. The van der Waals surface area contributed by atoms with E-state index >= 15 is 0 Å². The second kappa shape index (κ2) is 12.7. The van der Waals surface area contributed by atoms with Gasteiger partial charge in [0, 0.05) is 10.0 Å². The number of ether oxygens (including phenoxy) is 1. The molecule has 0 saturated heterocycles. The Labute approximate surface area is 255 Å². The van der Waals surface area contributed by atoms with Crippen LogP contribution in [0.5, 0.6) is 11.5 Å². The van der Waals surface area contributed by atoms with Crippen LogP contribution in [0.3, 0.4) is 0 Å². The summed E-state index contributed by atoms with van der Waals surface area (Å²) in [5.74, 6) is 0.418. The van der Waals surface area contributed by atoms with Crippen LogP contribution in [-0.2, 0) is 16.6 Å². The molecule has 0 heterocycles. The van der Waals surface area contributed by atoms with Gasteiger partial charge in [0.1, 0.15) is 5.75 Å². The third-order valence-electron chi connectivity index (χ3n) is 6.43. The van der Waals surface area contributed by atoms with Gasteiger partial charge in [-0.05, 0) is 79.2 Å². The van der Waals surface area contributed by atoms with Crippen LogP contribution < -0.4 is 14.4 Å². The topological polar surface area (TPSA) is 75.7 Å². The highest BCUT2D eigenvalue weighted by Crippen LogP contribution is 2.34. The van der Waals surface area contributed by atoms with Gasteiger partial charge in [-0.15, -0.1) is 0 Å². The van der Waals surface area contributed by atoms with E-state index in [2.05, 4.69) is 5.32 Å². The first-order valence-electron chi connectivity index (χ1n) is 13.0. The Kier molecular flexibility index (Phi) is 8.83. The van der Waals surface area contributed by atoms with E-state index in [0.29, 0.717) is 32.8 Å². The first kappa shape index (κ1) is 29.2. The van der Waals surface area contributed by atoms with Crippen LogP contribution in [0.4, 0.5) is 11.4 Å². The van der Waals surface area contributed by atoms with Gasteiger partial charge in [-0.1, -0.05) is 83.4 Å². The first-order valence-corrected chi connectivity index (χ1v) is 15.2. The van der Waals surface area contributed by atoms with Gasteiger partial charge in [-0.2, -0.15) is 0 Å². The molecule has 0 aliphatic heterocycles. The number of aryl methyl sites for hydroxylation is 1. The maximum atomic E-state index is 14.1. The van der Waals surface area contributed by atoms with Gasteiger partial charge in [-0.3, -0.25) is 9.10 Å². The summed E-state index contributed by atoms with van der Waals surface area (Å²) >= 11 is 12.3. The molecule has 9 heteroatoms. The summed E-state index contributed by atoms with van der Waals surface area (Å²) in [4.78, 5) is 13.9. The van der Waals surface area contributed by atoms with Crippen LogP contribution in [0.15, 0.2) is 126 Å². The van der Waals surface area contributed by atoms with Gasteiger partial charge in [0.2, 0.25) is 0 Å². The molecule has 0 aliphatic carbocycles. The highest BCUT2D eigenvalue weighted by Gasteiger charge is 2.29. The average molecular weight is 618 g/mol. The molecule has 212 valence electrons. The van der Waals surface area contributed by atoms with Crippen molar-refractivity contribution in [2.75, 3.05) is 9.62 Å². The fraction of sp³-hybridized carbons (Fsp3) is 0.0606. The molecule has 0 fully saturated rings. The minimum absolute atomic E-state index is 0.0306. The van der Waals surface area contributed by atoms with Crippen molar-refractivity contribution >= 4 is 50.5 Å². The SMILES string of the molecule is Cc1ccc(S(=O)(=O)N(Cc2ccc(Cl)cc2)c2ccccc2C(=O)Nc2cc(Cl)ccc2Oc2ccccc2)cc1. The molecule has 0 aliphatic rings. The summed E-state index contributed by atoms with van der Waals surface area (Å²) in [6, 6.07) is 34.0. The fourth-order valence-corrected chi connectivity index (χ4v) is 6.04. The first-order chi connectivity index (χ1) is 20.2. The molecule has 0 atom stereocenters. The van der Waals surface area contributed by atoms with Crippen LogP contribution >= 0.6 is 23.2 Å². The molecule has 6 nitrogen and oxygen atoms in total. The summed E-state index contributed by atoms with van der Waals surface area (Å²) in [5.41, 5.74) is 2.30. The van der Waals surface area contributed by atoms with Crippen molar-refractivity contribution in [3.05, 3.63) is 148 Å². The number of carbonyl (C=O) groups is 1. The van der Waals surface area contributed by atoms with Gasteiger partial charge in [0.25, 0.3) is 15.9 Å². The third-order valence-corrected chi connectivity index (χ3v) is 8.69. The van der Waals surface area contributed by atoms with Crippen molar-refractivity contribution in [2.24, 2.45) is 0 Å². The molecule has 0 unspecified atom stereocenters. The summed E-state index contributed by atoms with van der Waals surface area (Å²) in [6.07, 6.45) is 0. The highest BCUT2D eigenvalue weighted by molar-refractivity contribution is 7.92. The second-order valence-electron chi connectivity index (χ2n) is 9.48. The van der Waals surface area contributed by atoms with E-state index in [4.69, 9.17) is 27.9 Å². The Morgan fingerprint density at radius 1 is 0.786 bits per heavy atom. The molecule has 0 radical (unpaired) electrons. The molecule has 0 saturated carbocycles. The van der Waals surface area contributed by atoms with E-state index in [1.54, 1.807) is 103 Å². The normalized spacial score (nSPS) is 11.1. The van der Waals surface area contributed by atoms with Gasteiger partial charge in [-0.25, -0.2) is 8.42 Å². The van der Waals surface area contributed by atoms with Crippen LogP contribution in [0.1, 0.15) is 21.5 Å².